The predicted octanol–water partition coefficient (Wildman–Crippen LogP) is 0.888. The van der Waals surface area contributed by atoms with Crippen LogP contribution in [0.3, 0.4) is 0 Å². The van der Waals surface area contributed by atoms with E-state index < -0.39 is 0 Å². The monoisotopic (exact) mass is 227 g/mol. The van der Waals surface area contributed by atoms with Crippen molar-refractivity contribution in [2.45, 2.75) is 19.9 Å². The third kappa shape index (κ3) is 2.01. The third-order valence-electron chi connectivity index (χ3n) is 2.79. The standard InChI is InChI=1S/C12H13N5/c1-8-4-14-11(15-5-8)12-16-7-9-6-13-3-2-10(9)17-12/h4-5,7,13H,2-3,6H2,1H3. The maximum Gasteiger partial charge on any atom is 0.197 e. The molecule has 0 amide bonds. The van der Waals surface area contributed by atoms with E-state index in [4.69, 9.17) is 0 Å². The molecule has 1 aliphatic rings. The Hall–Kier alpha value is -1.88. The number of rotatable bonds is 1. The van der Waals surface area contributed by atoms with E-state index in [0.717, 1.165) is 30.8 Å². The molecule has 0 radical (unpaired) electrons. The van der Waals surface area contributed by atoms with E-state index in [2.05, 4.69) is 25.3 Å². The molecular formula is C12H13N5. The molecule has 86 valence electrons. The average Bonchev–Trinajstić information content (AvgIpc) is 2.39. The molecule has 3 heterocycles. The minimum atomic E-state index is 0.594. The molecule has 5 nitrogen and oxygen atoms in total. The Morgan fingerprint density at radius 2 is 1.82 bits per heavy atom. The first kappa shape index (κ1) is 10.3. The SMILES string of the molecule is Cc1cnc(-c2ncc3c(n2)CCNC3)nc1. The van der Waals surface area contributed by atoms with Crippen molar-refractivity contribution < 1.29 is 0 Å². The van der Waals surface area contributed by atoms with Crippen molar-refractivity contribution in [3.8, 4) is 11.6 Å². The maximum absolute atomic E-state index is 4.54. The Bertz CT molecular complexity index is 535. The number of nitrogens with one attached hydrogen (secondary N) is 1. The minimum absolute atomic E-state index is 0.594. The molecule has 3 rings (SSSR count). The van der Waals surface area contributed by atoms with Gasteiger partial charge in [0, 0.05) is 43.7 Å². The third-order valence-corrected chi connectivity index (χ3v) is 2.79. The number of hydrogen-bond donors (Lipinski definition) is 1. The molecule has 0 saturated heterocycles. The van der Waals surface area contributed by atoms with Gasteiger partial charge in [0.1, 0.15) is 0 Å². The van der Waals surface area contributed by atoms with Crippen molar-refractivity contribution >= 4 is 0 Å². The van der Waals surface area contributed by atoms with Gasteiger partial charge in [-0.1, -0.05) is 0 Å². The lowest BCUT2D eigenvalue weighted by Crippen LogP contribution is -2.25. The van der Waals surface area contributed by atoms with Gasteiger partial charge < -0.3 is 5.32 Å². The molecule has 0 saturated carbocycles. The van der Waals surface area contributed by atoms with Crippen LogP contribution in [-0.2, 0) is 13.0 Å². The lowest BCUT2D eigenvalue weighted by molar-refractivity contribution is 0.626. The van der Waals surface area contributed by atoms with Gasteiger partial charge in [0.15, 0.2) is 11.6 Å². The summed E-state index contributed by atoms with van der Waals surface area (Å²) in [5, 5.41) is 3.30. The zero-order valence-electron chi connectivity index (χ0n) is 9.64. The predicted molar refractivity (Wildman–Crippen MR) is 63.2 cm³/mol. The Labute approximate surface area is 99.4 Å². The topological polar surface area (TPSA) is 63.6 Å². The molecule has 1 N–H and O–H groups in total. The highest BCUT2D eigenvalue weighted by atomic mass is 15.0. The fraction of sp³-hybridized carbons (Fsp3) is 0.333. The van der Waals surface area contributed by atoms with Crippen molar-refractivity contribution in [2.75, 3.05) is 6.54 Å². The highest BCUT2D eigenvalue weighted by Gasteiger charge is 2.13. The lowest BCUT2D eigenvalue weighted by atomic mass is 10.1. The Morgan fingerprint density at radius 1 is 1.06 bits per heavy atom. The summed E-state index contributed by atoms with van der Waals surface area (Å²) in [6.07, 6.45) is 6.38. The van der Waals surface area contributed by atoms with Gasteiger partial charge in [-0.25, -0.2) is 19.9 Å². The van der Waals surface area contributed by atoms with Crippen LogP contribution in [0.1, 0.15) is 16.8 Å². The van der Waals surface area contributed by atoms with Crippen molar-refractivity contribution in [3.05, 3.63) is 35.4 Å². The molecule has 0 spiro atoms. The van der Waals surface area contributed by atoms with Crippen molar-refractivity contribution in [1.29, 1.82) is 0 Å². The molecule has 0 fully saturated rings. The number of nitrogens with zero attached hydrogens (tertiary/aromatic N) is 4. The molecular weight excluding hydrogens is 214 g/mol. The molecule has 2 aromatic rings. The second-order valence-electron chi connectivity index (χ2n) is 4.18. The van der Waals surface area contributed by atoms with Gasteiger partial charge in [0.2, 0.25) is 0 Å². The van der Waals surface area contributed by atoms with E-state index in [1.165, 1.54) is 5.56 Å². The quantitative estimate of drug-likeness (QED) is 0.783. The molecule has 0 aliphatic carbocycles. The Balaban J connectivity index is 2.01. The van der Waals surface area contributed by atoms with Gasteiger partial charge in [0.05, 0.1) is 5.69 Å². The lowest BCUT2D eigenvalue weighted by Gasteiger charge is -2.15. The van der Waals surface area contributed by atoms with Crippen LogP contribution in [0.15, 0.2) is 18.6 Å². The zero-order chi connectivity index (χ0) is 11.7. The number of fused-ring (bicyclic) bond motifs is 1. The van der Waals surface area contributed by atoms with Crippen LogP contribution in [0.5, 0.6) is 0 Å². The van der Waals surface area contributed by atoms with E-state index >= 15 is 0 Å². The van der Waals surface area contributed by atoms with Crippen molar-refractivity contribution in [3.63, 3.8) is 0 Å². The first-order valence-electron chi connectivity index (χ1n) is 5.67. The summed E-state index contributed by atoms with van der Waals surface area (Å²) < 4.78 is 0. The minimum Gasteiger partial charge on any atom is -0.312 e. The first-order chi connectivity index (χ1) is 8.33. The van der Waals surface area contributed by atoms with Gasteiger partial charge >= 0.3 is 0 Å². The molecule has 0 bridgehead atoms. The van der Waals surface area contributed by atoms with Crippen molar-refractivity contribution in [2.24, 2.45) is 0 Å². The fourth-order valence-electron chi connectivity index (χ4n) is 1.85. The molecule has 17 heavy (non-hydrogen) atoms. The second-order valence-corrected chi connectivity index (χ2v) is 4.18. The summed E-state index contributed by atoms with van der Waals surface area (Å²) in [6.45, 7) is 3.78. The summed E-state index contributed by atoms with van der Waals surface area (Å²) in [5.74, 6) is 1.21. The van der Waals surface area contributed by atoms with Gasteiger partial charge in [-0.3, -0.25) is 0 Å². The molecule has 0 unspecified atom stereocenters. The van der Waals surface area contributed by atoms with Crippen LogP contribution in [0.25, 0.3) is 11.6 Å². The van der Waals surface area contributed by atoms with E-state index in [1.54, 1.807) is 12.4 Å². The van der Waals surface area contributed by atoms with Gasteiger partial charge in [-0.2, -0.15) is 0 Å². The summed E-state index contributed by atoms with van der Waals surface area (Å²) in [4.78, 5) is 17.3. The molecule has 2 aromatic heterocycles. The fourth-order valence-corrected chi connectivity index (χ4v) is 1.85. The second kappa shape index (κ2) is 4.18. The summed E-state index contributed by atoms with van der Waals surface area (Å²) in [5.41, 5.74) is 3.32. The van der Waals surface area contributed by atoms with E-state index in [9.17, 15) is 0 Å². The number of aromatic nitrogens is 4. The Kier molecular flexibility index (Phi) is 2.53. The highest BCUT2D eigenvalue weighted by molar-refractivity contribution is 5.43. The van der Waals surface area contributed by atoms with Gasteiger partial charge in [0.25, 0.3) is 0 Å². The van der Waals surface area contributed by atoms with Gasteiger partial charge in [-0.05, 0) is 12.5 Å². The van der Waals surface area contributed by atoms with Crippen LogP contribution < -0.4 is 5.32 Å². The van der Waals surface area contributed by atoms with E-state index in [1.807, 2.05) is 13.1 Å². The summed E-state index contributed by atoms with van der Waals surface area (Å²) in [6, 6.07) is 0. The van der Waals surface area contributed by atoms with Crippen LogP contribution >= 0.6 is 0 Å². The van der Waals surface area contributed by atoms with E-state index in [0.29, 0.717) is 11.6 Å². The van der Waals surface area contributed by atoms with Crippen LogP contribution in [0, 0.1) is 6.92 Å². The average molecular weight is 227 g/mol. The Morgan fingerprint density at radius 3 is 2.65 bits per heavy atom. The summed E-state index contributed by atoms with van der Waals surface area (Å²) >= 11 is 0. The maximum atomic E-state index is 4.54. The normalized spacial score (nSPS) is 14.4. The molecule has 1 aliphatic heterocycles. The van der Waals surface area contributed by atoms with Crippen LogP contribution in [0.2, 0.25) is 0 Å². The molecule has 0 aromatic carbocycles. The van der Waals surface area contributed by atoms with Crippen molar-refractivity contribution in [1.82, 2.24) is 25.3 Å². The summed E-state index contributed by atoms with van der Waals surface area (Å²) in [7, 11) is 0. The largest absolute Gasteiger partial charge is 0.312 e. The van der Waals surface area contributed by atoms with Crippen LogP contribution in [-0.4, -0.2) is 26.5 Å². The highest BCUT2D eigenvalue weighted by Crippen LogP contribution is 2.14. The number of aryl methyl sites for hydroxylation is 1. The molecule has 5 heteroatoms. The van der Waals surface area contributed by atoms with Gasteiger partial charge in [-0.15, -0.1) is 0 Å². The first-order valence-corrected chi connectivity index (χ1v) is 5.67. The zero-order valence-corrected chi connectivity index (χ0v) is 9.64. The van der Waals surface area contributed by atoms with Crippen LogP contribution in [0.4, 0.5) is 0 Å². The van der Waals surface area contributed by atoms with E-state index in [-0.39, 0.29) is 0 Å². The smallest absolute Gasteiger partial charge is 0.197 e. The molecule has 0 atom stereocenters. The number of hydrogen-bond acceptors (Lipinski definition) is 5.